The highest BCUT2D eigenvalue weighted by atomic mass is 35.5. The summed E-state index contributed by atoms with van der Waals surface area (Å²) in [5.41, 5.74) is 11.1. The second-order valence-corrected chi connectivity index (χ2v) is 16.8. The van der Waals surface area contributed by atoms with E-state index in [0.29, 0.717) is 0 Å². The van der Waals surface area contributed by atoms with Crippen LogP contribution in [0.25, 0.3) is 0 Å². The van der Waals surface area contributed by atoms with Gasteiger partial charge in [0.05, 0.1) is 82.6 Å². The third-order valence-electron chi connectivity index (χ3n) is 11.2. The predicted molar refractivity (Wildman–Crippen MR) is 213 cm³/mol. The van der Waals surface area contributed by atoms with Gasteiger partial charge in [-0.2, -0.15) is 0 Å². The Kier molecular flexibility index (Phi) is 18.9. The Morgan fingerprint density at radius 1 is 0.269 bits per heavy atom. The Hall–Kier alpha value is -2.12. The summed E-state index contributed by atoms with van der Waals surface area (Å²) in [5, 5.41) is 0. The lowest BCUT2D eigenvalue weighted by molar-refractivity contribution is -0.00100. The molecule has 0 N–H and O–H groups in total. The fourth-order valence-electron chi connectivity index (χ4n) is 7.44. The molecule has 0 amide bonds. The van der Waals surface area contributed by atoms with Gasteiger partial charge in [-0.15, -0.1) is 0 Å². The molecule has 0 saturated heterocycles. The molecule has 8 bridgehead atoms. The van der Waals surface area contributed by atoms with Crippen LogP contribution in [-0.4, -0.2) is 82.6 Å². The van der Waals surface area contributed by atoms with E-state index in [0.717, 1.165) is 57.0 Å². The van der Waals surface area contributed by atoms with E-state index in [-0.39, 0.29) is 49.6 Å². The van der Waals surface area contributed by atoms with Crippen LogP contribution >= 0.6 is 0 Å². The average Bonchev–Trinajstić information content (AvgIpc) is 3.05. The molecule has 7 aliphatic rings. The summed E-state index contributed by atoms with van der Waals surface area (Å²) in [6, 6.07) is 37.5. The van der Waals surface area contributed by atoms with Gasteiger partial charge in [-0.1, -0.05) is 48.5 Å². The summed E-state index contributed by atoms with van der Waals surface area (Å²) < 4.78 is 3.73. The van der Waals surface area contributed by atoms with Crippen molar-refractivity contribution in [1.82, 2.24) is 17.9 Å². The third-order valence-corrected chi connectivity index (χ3v) is 11.2. The van der Waals surface area contributed by atoms with Crippen molar-refractivity contribution < 1.29 is 49.6 Å². The molecule has 0 fully saturated rings. The van der Waals surface area contributed by atoms with Gasteiger partial charge in [0.2, 0.25) is 0 Å². The SMILES string of the molecule is C[N+]1(C)CCCCC[N+](C)(C)c2ccc(cc2)Cc2ccc(cc2)[N+](C)(C)CCCCC[N+](C)(C)c2ccc(cc2)Cc2ccc1cc2.[Cl-].[Cl-].[Cl-].[Cl-]. The van der Waals surface area contributed by atoms with E-state index in [1.807, 2.05) is 0 Å². The smallest absolute Gasteiger partial charge is 0.132 e. The van der Waals surface area contributed by atoms with Crippen LogP contribution in [0.1, 0.15) is 60.8 Å². The molecule has 8 heteroatoms. The van der Waals surface area contributed by atoms with E-state index in [1.165, 1.54) is 83.5 Å². The molecule has 7 heterocycles. The molecular weight excluding hydrogens is 726 g/mol. The van der Waals surface area contributed by atoms with Crippen molar-refractivity contribution in [3.63, 3.8) is 0 Å². The van der Waals surface area contributed by atoms with E-state index >= 15 is 0 Å². The lowest BCUT2D eigenvalue weighted by Crippen LogP contribution is -3.00. The van der Waals surface area contributed by atoms with Gasteiger partial charge in [-0.25, -0.2) is 0 Å². The fraction of sp³-hybridized carbons (Fsp3) is 0.455. The van der Waals surface area contributed by atoms with E-state index in [9.17, 15) is 0 Å². The van der Waals surface area contributed by atoms with Gasteiger partial charge in [-0.05, 0) is 122 Å². The van der Waals surface area contributed by atoms with Gasteiger partial charge in [0, 0.05) is 0 Å². The summed E-state index contributed by atoms with van der Waals surface area (Å²) >= 11 is 0. The molecule has 0 aromatic heterocycles. The summed E-state index contributed by atoms with van der Waals surface area (Å²) in [4.78, 5) is 0. The molecule has 4 aromatic rings. The lowest BCUT2D eigenvalue weighted by atomic mass is 10.0. The van der Waals surface area contributed by atoms with Gasteiger partial charge < -0.3 is 49.6 Å². The van der Waals surface area contributed by atoms with Crippen molar-refractivity contribution in [2.45, 2.75) is 51.4 Å². The standard InChI is InChI=1S/C44H64N4.4ClH/c1-45(2)31-11-9-12-32-46(3,4)42-27-19-39(20-28-42)36-40-21-29-44(30-22-40)48(7,8)34-14-10-13-33-47(5,6)43-25-17-38(18-26-43)35-37-15-23-41(45)24-16-37;;;;/h15-30H,9-14,31-36H2,1-8H3;4*1H/q+4;;;;/p-4. The minimum absolute atomic E-state index is 0. The number of quaternary nitrogens is 4. The summed E-state index contributed by atoms with van der Waals surface area (Å²) in [6.45, 7) is 4.64. The number of nitrogens with zero attached hydrogens (tertiary/aromatic N) is 4. The van der Waals surface area contributed by atoms with Gasteiger partial charge in [-0.3, -0.25) is 17.9 Å². The van der Waals surface area contributed by atoms with Crippen LogP contribution in [-0.2, 0) is 12.8 Å². The first-order valence-corrected chi connectivity index (χ1v) is 18.4. The van der Waals surface area contributed by atoms with Crippen molar-refractivity contribution in [1.29, 1.82) is 0 Å². The van der Waals surface area contributed by atoms with Crippen molar-refractivity contribution >= 4 is 22.7 Å². The van der Waals surface area contributed by atoms with Crippen LogP contribution in [0.3, 0.4) is 0 Å². The number of halogens is 4. The first-order chi connectivity index (χ1) is 22.7. The molecule has 288 valence electrons. The summed E-state index contributed by atoms with van der Waals surface area (Å²) in [6.07, 6.45) is 9.44. The molecule has 0 radical (unpaired) electrons. The number of rotatable bonds is 0. The summed E-state index contributed by atoms with van der Waals surface area (Å²) in [5.74, 6) is 0. The van der Waals surface area contributed by atoms with E-state index in [4.69, 9.17) is 0 Å². The topological polar surface area (TPSA) is 0 Å². The highest BCUT2D eigenvalue weighted by molar-refractivity contribution is 5.48. The second kappa shape index (κ2) is 20.5. The largest absolute Gasteiger partial charge is 1.00 e. The molecular formula is C44H64Cl4N4. The van der Waals surface area contributed by atoms with E-state index < -0.39 is 0 Å². The predicted octanol–water partition coefficient (Wildman–Crippen LogP) is -2.79. The molecule has 0 unspecified atom stereocenters. The zero-order chi connectivity index (χ0) is 34.4. The molecule has 11 rings (SSSR count). The van der Waals surface area contributed by atoms with Crippen molar-refractivity contribution in [3.05, 3.63) is 119 Å². The molecule has 0 saturated carbocycles. The molecule has 52 heavy (non-hydrogen) atoms. The van der Waals surface area contributed by atoms with Crippen LogP contribution in [0.5, 0.6) is 0 Å². The number of hydrogen-bond acceptors (Lipinski definition) is 0. The number of hydrogen-bond donors (Lipinski definition) is 0. The van der Waals surface area contributed by atoms with Gasteiger partial charge in [0.15, 0.2) is 0 Å². The first kappa shape index (κ1) is 47.9. The van der Waals surface area contributed by atoms with Crippen LogP contribution in [0.4, 0.5) is 22.7 Å². The maximum atomic E-state index is 2.36. The van der Waals surface area contributed by atoms with Gasteiger partial charge in [0.1, 0.15) is 22.7 Å². The quantitative estimate of drug-likeness (QED) is 0.169. The molecule has 0 atom stereocenters. The Morgan fingerprint density at radius 3 is 0.615 bits per heavy atom. The first-order valence-electron chi connectivity index (χ1n) is 18.4. The van der Waals surface area contributed by atoms with Gasteiger partial charge in [0.25, 0.3) is 0 Å². The minimum atomic E-state index is 0. The van der Waals surface area contributed by atoms with Crippen LogP contribution < -0.4 is 67.6 Å². The molecule has 0 spiro atoms. The average molecular weight is 791 g/mol. The normalized spacial score (nSPS) is 18.6. The Labute approximate surface area is 341 Å². The van der Waals surface area contributed by atoms with Gasteiger partial charge >= 0.3 is 0 Å². The Bertz CT molecular complexity index is 1360. The minimum Gasteiger partial charge on any atom is -1.00 e. The van der Waals surface area contributed by atoms with Crippen LogP contribution in [0.15, 0.2) is 97.1 Å². The Morgan fingerprint density at radius 2 is 0.442 bits per heavy atom. The van der Waals surface area contributed by atoms with Crippen molar-refractivity contribution in [2.24, 2.45) is 0 Å². The molecule has 7 aliphatic heterocycles. The maximum absolute atomic E-state index is 2.36. The third kappa shape index (κ3) is 13.0. The second-order valence-electron chi connectivity index (χ2n) is 16.8. The summed E-state index contributed by atoms with van der Waals surface area (Å²) in [7, 11) is 18.9. The molecule has 4 aromatic carbocycles. The zero-order valence-corrected chi connectivity index (χ0v) is 36.0. The zero-order valence-electron chi connectivity index (χ0n) is 33.0. The van der Waals surface area contributed by atoms with Crippen LogP contribution in [0, 0.1) is 0 Å². The number of benzene rings is 4. The van der Waals surface area contributed by atoms with E-state index in [1.54, 1.807) is 0 Å². The molecule has 4 nitrogen and oxygen atoms in total. The fourth-order valence-corrected chi connectivity index (χ4v) is 7.44. The van der Waals surface area contributed by atoms with Crippen LogP contribution in [0.2, 0.25) is 0 Å². The Balaban J connectivity index is 0.00000338. The maximum Gasteiger partial charge on any atom is 0.132 e. The van der Waals surface area contributed by atoms with Crippen molar-refractivity contribution in [2.75, 3.05) is 82.6 Å². The lowest BCUT2D eigenvalue weighted by Gasteiger charge is -2.31. The van der Waals surface area contributed by atoms with E-state index in [2.05, 4.69) is 153 Å². The molecule has 0 aliphatic carbocycles. The monoisotopic (exact) mass is 788 g/mol. The highest BCUT2D eigenvalue weighted by Crippen LogP contribution is 2.27. The van der Waals surface area contributed by atoms with Crippen molar-refractivity contribution in [3.8, 4) is 0 Å². The highest BCUT2D eigenvalue weighted by Gasteiger charge is 2.23.